The molecule has 1 amide bonds. The molecule has 0 saturated carbocycles. The molecule has 1 atom stereocenters. The molecule has 0 fully saturated rings. The standard InChI is InChI=1S/C22H24FN5O/c1-15-3-8-21(26-10-9-24)20(11-15)22(29)28-16(2)12-17(13-25)14-27-19-6-4-18(23)5-7-19/h3-11,13-14,16,24H,12,25H2,1-2H3,(H,28,29). The van der Waals surface area contributed by atoms with Crippen LogP contribution in [0.4, 0.5) is 15.8 Å². The Bertz CT molecular complexity index is 948. The zero-order valence-corrected chi connectivity index (χ0v) is 16.4. The Morgan fingerprint density at radius 3 is 2.62 bits per heavy atom. The number of aryl methyl sites for hydroxylation is 1. The van der Waals surface area contributed by atoms with E-state index in [1.54, 1.807) is 30.5 Å². The summed E-state index contributed by atoms with van der Waals surface area (Å²) in [5, 5.41) is 10.0. The van der Waals surface area contributed by atoms with Crippen molar-refractivity contribution in [2.75, 3.05) is 0 Å². The van der Waals surface area contributed by atoms with Crippen LogP contribution in [0.2, 0.25) is 0 Å². The lowest BCUT2D eigenvalue weighted by molar-refractivity contribution is 0.0941. The van der Waals surface area contributed by atoms with Crippen LogP contribution in [0.25, 0.3) is 0 Å². The monoisotopic (exact) mass is 393 g/mol. The third-order valence-corrected chi connectivity index (χ3v) is 4.02. The SMILES string of the molecule is Cc1ccc(N=CC=N)c(C(=O)NC(C)CC(C=Nc2ccc(F)cc2)=CN)c1. The van der Waals surface area contributed by atoms with Crippen LogP contribution in [-0.2, 0) is 0 Å². The van der Waals surface area contributed by atoms with Gasteiger partial charge in [-0.15, -0.1) is 0 Å². The lowest BCUT2D eigenvalue weighted by Gasteiger charge is -2.15. The molecule has 0 aliphatic rings. The second-order valence-corrected chi connectivity index (χ2v) is 6.52. The number of carbonyl (C=O) groups is 1. The lowest BCUT2D eigenvalue weighted by Crippen LogP contribution is -2.33. The minimum Gasteiger partial charge on any atom is -0.404 e. The second kappa shape index (κ2) is 10.7. The molecule has 150 valence electrons. The largest absolute Gasteiger partial charge is 0.404 e. The summed E-state index contributed by atoms with van der Waals surface area (Å²) in [6.07, 6.45) is 5.89. The number of nitrogens with one attached hydrogen (secondary N) is 2. The smallest absolute Gasteiger partial charge is 0.253 e. The number of nitrogens with zero attached hydrogens (tertiary/aromatic N) is 2. The first-order valence-corrected chi connectivity index (χ1v) is 9.08. The van der Waals surface area contributed by atoms with Gasteiger partial charge in [0.2, 0.25) is 0 Å². The Hall–Kier alpha value is -3.61. The van der Waals surface area contributed by atoms with Gasteiger partial charge in [-0.2, -0.15) is 0 Å². The minimum atomic E-state index is -0.324. The summed E-state index contributed by atoms with van der Waals surface area (Å²) in [4.78, 5) is 21.1. The first kappa shape index (κ1) is 21.7. The summed E-state index contributed by atoms with van der Waals surface area (Å²) < 4.78 is 13.0. The minimum absolute atomic E-state index is 0.211. The first-order chi connectivity index (χ1) is 13.9. The zero-order valence-electron chi connectivity index (χ0n) is 16.4. The fraction of sp³-hybridized carbons (Fsp3) is 0.182. The van der Waals surface area contributed by atoms with Gasteiger partial charge in [-0.05, 0) is 68.4 Å². The Kier molecular flexibility index (Phi) is 7.97. The van der Waals surface area contributed by atoms with Crippen LogP contribution >= 0.6 is 0 Å². The average molecular weight is 393 g/mol. The number of nitrogens with two attached hydrogens (primary N) is 1. The van der Waals surface area contributed by atoms with Crippen LogP contribution in [0.5, 0.6) is 0 Å². The number of hydrogen-bond acceptors (Lipinski definition) is 5. The predicted molar refractivity (Wildman–Crippen MR) is 116 cm³/mol. The van der Waals surface area contributed by atoms with E-state index in [0.717, 1.165) is 17.4 Å². The highest BCUT2D eigenvalue weighted by Gasteiger charge is 2.14. The van der Waals surface area contributed by atoms with Gasteiger partial charge in [0.05, 0.1) is 16.9 Å². The van der Waals surface area contributed by atoms with Crippen LogP contribution in [0.3, 0.4) is 0 Å². The third-order valence-electron chi connectivity index (χ3n) is 4.02. The van der Waals surface area contributed by atoms with E-state index in [4.69, 9.17) is 11.1 Å². The maximum absolute atomic E-state index is 13.0. The highest BCUT2D eigenvalue weighted by atomic mass is 19.1. The van der Waals surface area contributed by atoms with Crippen LogP contribution in [0.1, 0.15) is 29.3 Å². The molecule has 2 rings (SSSR count). The molecule has 0 aliphatic heterocycles. The second-order valence-electron chi connectivity index (χ2n) is 6.52. The fourth-order valence-electron chi connectivity index (χ4n) is 2.62. The molecule has 0 radical (unpaired) electrons. The van der Waals surface area contributed by atoms with Crippen LogP contribution in [0, 0.1) is 18.2 Å². The zero-order chi connectivity index (χ0) is 21.2. The molecule has 2 aromatic carbocycles. The van der Waals surface area contributed by atoms with E-state index in [2.05, 4.69) is 15.3 Å². The molecule has 1 unspecified atom stereocenters. The Morgan fingerprint density at radius 2 is 1.97 bits per heavy atom. The topological polar surface area (TPSA) is 104 Å². The van der Waals surface area contributed by atoms with Crippen molar-refractivity contribution in [2.24, 2.45) is 15.7 Å². The van der Waals surface area contributed by atoms with E-state index >= 15 is 0 Å². The number of amides is 1. The predicted octanol–water partition coefficient (Wildman–Crippen LogP) is 4.24. The number of benzene rings is 2. The molecule has 0 aromatic heterocycles. The van der Waals surface area contributed by atoms with Crippen molar-refractivity contribution in [3.05, 3.63) is 71.2 Å². The summed E-state index contributed by atoms with van der Waals surface area (Å²) in [6, 6.07) is 11.0. The van der Waals surface area contributed by atoms with Crippen LogP contribution in [-0.4, -0.2) is 30.6 Å². The van der Waals surface area contributed by atoms with E-state index < -0.39 is 0 Å². The molecule has 0 bridgehead atoms. The van der Waals surface area contributed by atoms with Crippen molar-refractivity contribution in [1.29, 1.82) is 5.41 Å². The van der Waals surface area contributed by atoms with Crippen molar-refractivity contribution in [2.45, 2.75) is 26.3 Å². The molecule has 0 heterocycles. The average Bonchev–Trinajstić information content (AvgIpc) is 2.71. The molecule has 0 aliphatic carbocycles. The van der Waals surface area contributed by atoms with Gasteiger partial charge in [0.1, 0.15) is 5.82 Å². The molecule has 6 nitrogen and oxygen atoms in total. The number of carbonyl (C=O) groups excluding carboxylic acids is 1. The van der Waals surface area contributed by atoms with E-state index in [1.165, 1.54) is 24.5 Å². The highest BCUT2D eigenvalue weighted by Crippen LogP contribution is 2.21. The Balaban J connectivity index is 2.05. The molecule has 0 saturated heterocycles. The third kappa shape index (κ3) is 6.80. The summed E-state index contributed by atoms with van der Waals surface area (Å²) >= 11 is 0. The van der Waals surface area contributed by atoms with Crippen molar-refractivity contribution in [3.8, 4) is 0 Å². The van der Waals surface area contributed by atoms with Crippen molar-refractivity contribution < 1.29 is 9.18 Å². The van der Waals surface area contributed by atoms with Crippen molar-refractivity contribution >= 4 is 35.9 Å². The van der Waals surface area contributed by atoms with Gasteiger partial charge in [0.25, 0.3) is 5.91 Å². The van der Waals surface area contributed by atoms with Gasteiger partial charge in [-0.25, -0.2) is 4.39 Å². The molecule has 4 N–H and O–H groups in total. The van der Waals surface area contributed by atoms with Crippen molar-refractivity contribution in [1.82, 2.24) is 5.32 Å². The lowest BCUT2D eigenvalue weighted by atomic mass is 10.1. The van der Waals surface area contributed by atoms with Gasteiger partial charge in [0, 0.05) is 24.7 Å². The van der Waals surface area contributed by atoms with Gasteiger partial charge in [-0.1, -0.05) is 11.6 Å². The van der Waals surface area contributed by atoms with Gasteiger partial charge in [-0.3, -0.25) is 14.8 Å². The number of rotatable bonds is 8. The number of halogens is 1. The summed E-state index contributed by atoms with van der Waals surface area (Å²) in [5.41, 5.74) is 8.89. The molecular weight excluding hydrogens is 369 g/mol. The van der Waals surface area contributed by atoms with E-state index in [0.29, 0.717) is 23.4 Å². The highest BCUT2D eigenvalue weighted by molar-refractivity contribution is 6.15. The fourth-order valence-corrected chi connectivity index (χ4v) is 2.62. The number of aliphatic imine (C=N–C) groups is 2. The summed E-state index contributed by atoms with van der Waals surface area (Å²) in [5.74, 6) is -0.583. The summed E-state index contributed by atoms with van der Waals surface area (Å²) in [6.45, 7) is 3.76. The van der Waals surface area contributed by atoms with Crippen LogP contribution in [0.15, 0.2) is 64.2 Å². The maximum Gasteiger partial charge on any atom is 0.253 e. The van der Waals surface area contributed by atoms with Crippen LogP contribution < -0.4 is 11.1 Å². The molecule has 7 heteroatoms. The van der Waals surface area contributed by atoms with Gasteiger partial charge in [0.15, 0.2) is 0 Å². The van der Waals surface area contributed by atoms with Gasteiger partial charge >= 0.3 is 0 Å². The first-order valence-electron chi connectivity index (χ1n) is 9.08. The van der Waals surface area contributed by atoms with E-state index in [9.17, 15) is 9.18 Å². The quantitative estimate of drug-likeness (QED) is 0.584. The maximum atomic E-state index is 13.0. The normalized spacial score (nSPS) is 13.0. The van der Waals surface area contributed by atoms with Gasteiger partial charge < -0.3 is 16.5 Å². The van der Waals surface area contributed by atoms with Crippen molar-refractivity contribution in [3.63, 3.8) is 0 Å². The van der Waals surface area contributed by atoms with E-state index in [-0.39, 0.29) is 17.8 Å². The molecule has 2 aromatic rings. The summed E-state index contributed by atoms with van der Waals surface area (Å²) in [7, 11) is 0. The van der Waals surface area contributed by atoms with E-state index in [1.807, 2.05) is 19.9 Å². The molecular formula is C22H24FN5O. The molecule has 0 spiro atoms. The Morgan fingerprint density at radius 1 is 1.24 bits per heavy atom. The number of hydrogen-bond donors (Lipinski definition) is 3. The Labute approximate surface area is 169 Å². The molecule has 29 heavy (non-hydrogen) atoms.